The second kappa shape index (κ2) is 9.24. The van der Waals surface area contributed by atoms with E-state index in [9.17, 15) is 14.7 Å². The second-order valence-electron chi connectivity index (χ2n) is 7.76. The molecule has 7 heteroatoms. The van der Waals surface area contributed by atoms with Crippen molar-refractivity contribution in [1.29, 1.82) is 0 Å². The minimum absolute atomic E-state index is 0.0773. The number of hydrogen-bond donors (Lipinski definition) is 1. The highest BCUT2D eigenvalue weighted by molar-refractivity contribution is 9.10. The minimum atomic E-state index is -0.209. The molecule has 0 aromatic heterocycles. The number of benzene rings is 2. The molecule has 4 rings (SSSR count). The molecule has 2 aromatic rings. The van der Waals surface area contributed by atoms with Gasteiger partial charge < -0.3 is 14.6 Å². The SMILES string of the molecule is CCOC(=O)C1CCCN(Cc2c(O)ccc3c2O/C(=C\c2cccc(Br)c2)C3=O)C1. The number of carbonyl (C=O) groups excluding carboxylic acids is 2. The van der Waals surface area contributed by atoms with E-state index < -0.39 is 0 Å². The predicted molar refractivity (Wildman–Crippen MR) is 120 cm³/mol. The van der Waals surface area contributed by atoms with Gasteiger partial charge in [-0.25, -0.2) is 0 Å². The van der Waals surface area contributed by atoms with Crippen LogP contribution in [0.1, 0.15) is 41.3 Å². The van der Waals surface area contributed by atoms with Crippen molar-refractivity contribution in [2.24, 2.45) is 5.92 Å². The van der Waals surface area contributed by atoms with E-state index in [-0.39, 0.29) is 29.2 Å². The number of Topliss-reactive ketones (excluding diaryl/α,β-unsaturated/α-hetero) is 1. The number of halogens is 1. The highest BCUT2D eigenvalue weighted by Crippen LogP contribution is 2.40. The van der Waals surface area contributed by atoms with Crippen LogP contribution in [-0.2, 0) is 16.1 Å². The molecule has 6 nitrogen and oxygen atoms in total. The Morgan fingerprint density at radius 1 is 1.35 bits per heavy atom. The van der Waals surface area contributed by atoms with Crippen LogP contribution in [0, 0.1) is 5.92 Å². The van der Waals surface area contributed by atoms with Crippen molar-refractivity contribution in [2.75, 3.05) is 19.7 Å². The number of allylic oxidation sites excluding steroid dienone is 1. The van der Waals surface area contributed by atoms with Crippen molar-refractivity contribution in [2.45, 2.75) is 26.3 Å². The zero-order valence-electron chi connectivity index (χ0n) is 17.3. The normalized spacial score (nSPS) is 19.9. The number of esters is 1. The molecule has 0 spiro atoms. The van der Waals surface area contributed by atoms with E-state index in [4.69, 9.17) is 9.47 Å². The van der Waals surface area contributed by atoms with Gasteiger partial charge in [-0.15, -0.1) is 0 Å². The van der Waals surface area contributed by atoms with E-state index in [1.54, 1.807) is 19.1 Å². The summed E-state index contributed by atoms with van der Waals surface area (Å²) in [5.41, 5.74) is 1.84. The standard InChI is InChI=1S/C24H24BrNO5/c1-2-30-24(29)16-6-4-10-26(13-16)14-19-20(27)9-8-18-22(28)21(31-23(18)19)12-15-5-3-7-17(25)11-15/h3,5,7-9,11-12,16,27H,2,4,6,10,13-14H2,1H3/b21-12-. The number of ether oxygens (including phenoxy) is 2. The van der Waals surface area contributed by atoms with Gasteiger partial charge in [0, 0.05) is 17.6 Å². The third-order valence-corrected chi connectivity index (χ3v) is 6.06. The molecule has 2 aliphatic rings. The average molecular weight is 486 g/mol. The van der Waals surface area contributed by atoms with Gasteiger partial charge in [-0.05, 0) is 62.2 Å². The number of aromatic hydroxyl groups is 1. The maximum absolute atomic E-state index is 12.9. The van der Waals surface area contributed by atoms with Gasteiger partial charge in [0.05, 0.1) is 23.7 Å². The summed E-state index contributed by atoms with van der Waals surface area (Å²) in [5, 5.41) is 10.5. The zero-order chi connectivity index (χ0) is 22.0. The largest absolute Gasteiger partial charge is 0.507 e. The van der Waals surface area contributed by atoms with Crippen molar-refractivity contribution in [3.05, 3.63) is 63.3 Å². The Balaban J connectivity index is 1.57. The van der Waals surface area contributed by atoms with E-state index in [2.05, 4.69) is 20.8 Å². The van der Waals surface area contributed by atoms with Crippen LogP contribution in [0.25, 0.3) is 6.08 Å². The fourth-order valence-electron chi connectivity index (χ4n) is 4.07. The Labute approximate surface area is 189 Å². The summed E-state index contributed by atoms with van der Waals surface area (Å²) in [6.07, 6.45) is 3.36. The Kier molecular flexibility index (Phi) is 6.43. The van der Waals surface area contributed by atoms with E-state index in [0.717, 1.165) is 29.4 Å². The Hall–Kier alpha value is -2.64. The summed E-state index contributed by atoms with van der Waals surface area (Å²) in [4.78, 5) is 27.2. The molecule has 2 heterocycles. The lowest BCUT2D eigenvalue weighted by Crippen LogP contribution is -2.39. The summed E-state index contributed by atoms with van der Waals surface area (Å²) in [6.45, 7) is 3.91. The molecule has 1 atom stereocenters. The first-order valence-corrected chi connectivity index (χ1v) is 11.2. The third kappa shape index (κ3) is 4.67. The fourth-order valence-corrected chi connectivity index (χ4v) is 4.49. The molecule has 2 aliphatic heterocycles. The van der Waals surface area contributed by atoms with Crippen LogP contribution in [0.15, 0.2) is 46.6 Å². The minimum Gasteiger partial charge on any atom is -0.507 e. The number of fused-ring (bicyclic) bond motifs is 1. The van der Waals surface area contributed by atoms with Gasteiger partial charge in [0.15, 0.2) is 5.76 Å². The lowest BCUT2D eigenvalue weighted by Gasteiger charge is -2.31. The van der Waals surface area contributed by atoms with Crippen molar-refractivity contribution >= 4 is 33.8 Å². The molecule has 0 saturated carbocycles. The topological polar surface area (TPSA) is 76.1 Å². The van der Waals surface area contributed by atoms with Crippen LogP contribution < -0.4 is 4.74 Å². The molecule has 2 aromatic carbocycles. The molecule has 1 saturated heterocycles. The van der Waals surface area contributed by atoms with E-state index >= 15 is 0 Å². The maximum atomic E-state index is 12.9. The number of likely N-dealkylation sites (tertiary alicyclic amines) is 1. The number of phenols is 1. The lowest BCUT2D eigenvalue weighted by molar-refractivity contribution is -0.150. The molecule has 162 valence electrons. The summed E-state index contributed by atoms with van der Waals surface area (Å²) in [5.74, 6) is 0.128. The van der Waals surface area contributed by atoms with Crippen molar-refractivity contribution in [3.8, 4) is 11.5 Å². The van der Waals surface area contributed by atoms with Crippen LogP contribution in [0.2, 0.25) is 0 Å². The van der Waals surface area contributed by atoms with Gasteiger partial charge in [-0.1, -0.05) is 28.1 Å². The third-order valence-electron chi connectivity index (χ3n) is 5.57. The van der Waals surface area contributed by atoms with Crippen molar-refractivity contribution < 1.29 is 24.2 Å². The number of phenolic OH excluding ortho intramolecular Hbond substituents is 1. The molecular formula is C24H24BrNO5. The Morgan fingerprint density at radius 3 is 2.97 bits per heavy atom. The molecule has 1 fully saturated rings. The molecule has 0 aliphatic carbocycles. The number of hydrogen-bond acceptors (Lipinski definition) is 6. The fraction of sp³-hybridized carbons (Fsp3) is 0.333. The quantitative estimate of drug-likeness (QED) is 0.494. The number of ketones is 1. The molecule has 1 N–H and O–H groups in total. The van der Waals surface area contributed by atoms with Gasteiger partial charge in [0.1, 0.15) is 11.5 Å². The number of piperidine rings is 1. The summed E-state index contributed by atoms with van der Waals surface area (Å²) in [7, 11) is 0. The van der Waals surface area contributed by atoms with Crippen LogP contribution in [0.3, 0.4) is 0 Å². The summed E-state index contributed by atoms with van der Waals surface area (Å²) >= 11 is 3.43. The molecule has 31 heavy (non-hydrogen) atoms. The maximum Gasteiger partial charge on any atom is 0.310 e. The smallest absolute Gasteiger partial charge is 0.310 e. The van der Waals surface area contributed by atoms with Crippen molar-refractivity contribution in [1.82, 2.24) is 4.90 Å². The Bertz CT molecular complexity index is 1050. The van der Waals surface area contributed by atoms with E-state index in [1.807, 2.05) is 24.3 Å². The number of nitrogens with zero attached hydrogens (tertiary/aromatic N) is 1. The van der Waals surface area contributed by atoms with E-state index in [1.165, 1.54) is 6.07 Å². The first-order chi connectivity index (χ1) is 15.0. The van der Waals surface area contributed by atoms with Crippen LogP contribution in [0.4, 0.5) is 0 Å². The van der Waals surface area contributed by atoms with Gasteiger partial charge in [0.25, 0.3) is 0 Å². The summed E-state index contributed by atoms with van der Waals surface area (Å²) < 4.78 is 12.0. The average Bonchev–Trinajstić information content (AvgIpc) is 3.06. The highest BCUT2D eigenvalue weighted by atomic mass is 79.9. The number of carbonyl (C=O) groups is 2. The zero-order valence-corrected chi connectivity index (χ0v) is 18.9. The highest BCUT2D eigenvalue weighted by Gasteiger charge is 2.33. The summed E-state index contributed by atoms with van der Waals surface area (Å²) in [6, 6.07) is 10.7. The number of rotatable bonds is 5. The monoisotopic (exact) mass is 485 g/mol. The molecule has 0 amide bonds. The molecule has 1 unspecified atom stereocenters. The molecule has 0 bridgehead atoms. The van der Waals surface area contributed by atoms with Crippen LogP contribution >= 0.6 is 15.9 Å². The van der Waals surface area contributed by atoms with Gasteiger partial charge >= 0.3 is 5.97 Å². The van der Waals surface area contributed by atoms with Gasteiger partial charge in [-0.2, -0.15) is 0 Å². The predicted octanol–water partition coefficient (Wildman–Crippen LogP) is 4.55. The van der Waals surface area contributed by atoms with E-state index in [0.29, 0.717) is 36.6 Å². The Morgan fingerprint density at radius 2 is 2.19 bits per heavy atom. The van der Waals surface area contributed by atoms with Gasteiger partial charge in [0.2, 0.25) is 5.78 Å². The van der Waals surface area contributed by atoms with Crippen molar-refractivity contribution in [3.63, 3.8) is 0 Å². The van der Waals surface area contributed by atoms with Crippen LogP contribution in [0.5, 0.6) is 11.5 Å². The molecular weight excluding hydrogens is 462 g/mol. The molecule has 0 radical (unpaired) electrons. The first-order valence-electron chi connectivity index (χ1n) is 10.4. The second-order valence-corrected chi connectivity index (χ2v) is 8.68. The van der Waals surface area contributed by atoms with Crippen LogP contribution in [-0.4, -0.2) is 41.5 Å². The van der Waals surface area contributed by atoms with Gasteiger partial charge in [-0.3, -0.25) is 14.5 Å². The lowest BCUT2D eigenvalue weighted by atomic mass is 9.97. The first kappa shape index (κ1) is 21.6.